The Labute approximate surface area is 190 Å². The van der Waals surface area contributed by atoms with Gasteiger partial charge in [-0.15, -0.1) is 0 Å². The number of nitro benzene ring substituents is 1. The van der Waals surface area contributed by atoms with Gasteiger partial charge in [-0.05, 0) is 50.1 Å². The smallest absolute Gasteiger partial charge is 0.338 e. The van der Waals surface area contributed by atoms with Crippen LogP contribution in [0.3, 0.4) is 0 Å². The molecule has 1 heterocycles. The number of hydrogen-bond donors (Lipinski definition) is 2. The van der Waals surface area contributed by atoms with Gasteiger partial charge in [-0.2, -0.15) is 0 Å². The molecule has 0 radical (unpaired) electrons. The molecule has 12 heteroatoms. The maximum absolute atomic E-state index is 12.5. The van der Waals surface area contributed by atoms with Gasteiger partial charge >= 0.3 is 5.97 Å². The molecule has 0 bridgehead atoms. The van der Waals surface area contributed by atoms with Crippen molar-refractivity contribution in [3.63, 3.8) is 0 Å². The van der Waals surface area contributed by atoms with E-state index in [1.54, 1.807) is 0 Å². The summed E-state index contributed by atoms with van der Waals surface area (Å²) in [5, 5.41) is 13.6. The molecule has 0 spiro atoms. The van der Waals surface area contributed by atoms with Crippen molar-refractivity contribution in [2.24, 2.45) is 0 Å². The number of esters is 1. The third kappa shape index (κ3) is 6.49. The van der Waals surface area contributed by atoms with E-state index in [0.717, 1.165) is 18.9 Å². The highest BCUT2D eigenvalue weighted by molar-refractivity contribution is 7.92. The minimum Gasteiger partial charge on any atom is -0.449 e. The molecular weight excluding hydrogens is 454 g/mol. The molecule has 1 saturated heterocycles. The average molecular weight is 477 g/mol. The van der Waals surface area contributed by atoms with Crippen LogP contribution < -0.4 is 10.0 Å². The van der Waals surface area contributed by atoms with Crippen LogP contribution in [0.4, 0.5) is 11.4 Å². The molecule has 2 aromatic carbocycles. The summed E-state index contributed by atoms with van der Waals surface area (Å²) in [5.74, 6) is -1.19. The Morgan fingerprint density at radius 1 is 1.24 bits per heavy atom. The molecule has 0 aliphatic carbocycles. The van der Waals surface area contributed by atoms with Crippen LogP contribution in [-0.2, 0) is 24.3 Å². The van der Waals surface area contributed by atoms with Crippen molar-refractivity contribution in [1.29, 1.82) is 0 Å². The molecule has 0 aromatic heterocycles. The van der Waals surface area contributed by atoms with Crippen LogP contribution in [-0.4, -0.2) is 50.6 Å². The topological polar surface area (TPSA) is 154 Å². The predicted octanol–water partition coefficient (Wildman–Crippen LogP) is 2.24. The monoisotopic (exact) mass is 477 g/mol. The van der Waals surface area contributed by atoms with Crippen molar-refractivity contribution in [2.45, 2.75) is 36.9 Å². The zero-order valence-corrected chi connectivity index (χ0v) is 18.5. The van der Waals surface area contributed by atoms with Gasteiger partial charge in [0.15, 0.2) is 6.10 Å². The first kappa shape index (κ1) is 24.1. The van der Waals surface area contributed by atoms with Crippen molar-refractivity contribution in [2.75, 3.05) is 17.9 Å². The van der Waals surface area contributed by atoms with E-state index in [2.05, 4.69) is 10.0 Å². The highest BCUT2D eigenvalue weighted by atomic mass is 32.2. The van der Waals surface area contributed by atoms with Gasteiger partial charge < -0.3 is 14.8 Å². The van der Waals surface area contributed by atoms with Crippen molar-refractivity contribution in [1.82, 2.24) is 5.32 Å². The van der Waals surface area contributed by atoms with Gasteiger partial charge in [0, 0.05) is 31.0 Å². The third-order valence-electron chi connectivity index (χ3n) is 4.89. The summed E-state index contributed by atoms with van der Waals surface area (Å²) in [6.45, 7) is 2.47. The fourth-order valence-corrected chi connectivity index (χ4v) is 4.20. The molecular formula is C21H23N3O8S. The molecule has 2 aromatic rings. The summed E-state index contributed by atoms with van der Waals surface area (Å²) in [7, 11) is -4.08. The summed E-state index contributed by atoms with van der Waals surface area (Å²) in [4.78, 5) is 34.3. The lowest BCUT2D eigenvalue weighted by atomic mass is 10.2. The van der Waals surface area contributed by atoms with Crippen LogP contribution in [0, 0.1) is 10.1 Å². The number of ether oxygens (including phenoxy) is 2. The van der Waals surface area contributed by atoms with Gasteiger partial charge in [-0.25, -0.2) is 13.2 Å². The highest BCUT2D eigenvalue weighted by Gasteiger charge is 2.22. The SMILES string of the molecule is C[C@@H](OC(=O)c1ccc(NS(=O)(=O)c2cccc([N+](=O)[O-])c2)cc1)C(=O)NC[C@H]1CCCO1. The molecule has 1 amide bonds. The number of carbonyl (C=O) groups is 2. The normalized spacial score (nSPS) is 16.6. The lowest BCUT2D eigenvalue weighted by molar-refractivity contribution is -0.385. The Morgan fingerprint density at radius 3 is 2.61 bits per heavy atom. The molecule has 1 aliphatic heterocycles. The number of non-ortho nitro benzene ring substituents is 1. The number of hydrogen-bond acceptors (Lipinski definition) is 8. The Balaban J connectivity index is 1.57. The van der Waals surface area contributed by atoms with Crippen LogP contribution in [0.1, 0.15) is 30.1 Å². The van der Waals surface area contributed by atoms with Gasteiger partial charge in [0.05, 0.1) is 21.5 Å². The minimum atomic E-state index is -4.08. The van der Waals surface area contributed by atoms with Gasteiger partial charge in [0.2, 0.25) is 0 Å². The number of nitro groups is 1. The van der Waals surface area contributed by atoms with Gasteiger partial charge in [-0.1, -0.05) is 6.07 Å². The molecule has 1 aliphatic rings. The number of nitrogens with zero attached hydrogens (tertiary/aromatic N) is 1. The zero-order valence-electron chi connectivity index (χ0n) is 17.7. The standard InChI is InChI=1S/C21H23N3O8S/c1-14(20(25)22-13-18-5-3-11-31-18)32-21(26)15-7-9-16(10-8-15)23-33(29,30)19-6-2-4-17(12-19)24(27)28/h2,4,6-10,12,14,18,23H,3,5,11,13H2,1H3,(H,22,25)/t14-,18-/m1/s1. The molecule has 2 N–H and O–H groups in total. The number of amides is 1. The van der Waals surface area contributed by atoms with Crippen molar-refractivity contribution < 1.29 is 32.4 Å². The predicted molar refractivity (Wildman–Crippen MR) is 117 cm³/mol. The maximum Gasteiger partial charge on any atom is 0.338 e. The van der Waals surface area contributed by atoms with E-state index in [4.69, 9.17) is 9.47 Å². The van der Waals surface area contributed by atoms with Crippen LogP contribution in [0.5, 0.6) is 0 Å². The maximum atomic E-state index is 12.5. The van der Waals surface area contributed by atoms with Gasteiger partial charge in [0.1, 0.15) is 0 Å². The molecule has 11 nitrogen and oxygen atoms in total. The van der Waals surface area contributed by atoms with Crippen LogP contribution in [0.25, 0.3) is 0 Å². The summed E-state index contributed by atoms with van der Waals surface area (Å²) < 4.78 is 37.9. The number of carbonyl (C=O) groups excluding carboxylic acids is 2. The van der Waals surface area contributed by atoms with E-state index < -0.39 is 32.9 Å². The molecule has 3 rings (SSSR count). The van der Waals surface area contributed by atoms with Crippen LogP contribution in [0.2, 0.25) is 0 Å². The Morgan fingerprint density at radius 2 is 1.97 bits per heavy atom. The first-order chi connectivity index (χ1) is 15.7. The second-order valence-corrected chi connectivity index (χ2v) is 9.05. The summed E-state index contributed by atoms with van der Waals surface area (Å²) in [5.41, 5.74) is -0.0997. The number of rotatable bonds is 9. The fraction of sp³-hybridized carbons (Fsp3) is 0.333. The molecule has 1 fully saturated rings. The third-order valence-corrected chi connectivity index (χ3v) is 6.27. The first-order valence-electron chi connectivity index (χ1n) is 10.1. The molecule has 176 valence electrons. The lowest BCUT2D eigenvalue weighted by Crippen LogP contribution is -2.39. The number of anilines is 1. The van der Waals surface area contributed by atoms with E-state index in [0.29, 0.717) is 13.2 Å². The number of benzene rings is 2. The first-order valence-corrected chi connectivity index (χ1v) is 11.6. The quantitative estimate of drug-likeness (QED) is 0.317. The van der Waals surface area contributed by atoms with E-state index in [-0.39, 0.29) is 27.9 Å². The Hall–Kier alpha value is -3.51. The fourth-order valence-electron chi connectivity index (χ4n) is 3.10. The summed E-state index contributed by atoms with van der Waals surface area (Å²) >= 11 is 0. The van der Waals surface area contributed by atoms with Crippen molar-refractivity contribution >= 4 is 33.3 Å². The lowest BCUT2D eigenvalue weighted by Gasteiger charge is -2.16. The Bertz CT molecular complexity index is 1130. The highest BCUT2D eigenvalue weighted by Crippen LogP contribution is 2.21. The molecule has 0 saturated carbocycles. The minimum absolute atomic E-state index is 0.0322. The van der Waals surface area contributed by atoms with Crippen molar-refractivity contribution in [3.05, 3.63) is 64.2 Å². The molecule has 0 unspecified atom stereocenters. The number of nitrogens with one attached hydrogen (secondary N) is 2. The molecule has 2 atom stereocenters. The summed E-state index contributed by atoms with van der Waals surface area (Å²) in [6.07, 6.45) is 0.759. The van der Waals surface area contributed by atoms with E-state index in [9.17, 15) is 28.1 Å². The summed E-state index contributed by atoms with van der Waals surface area (Å²) in [6, 6.07) is 9.98. The van der Waals surface area contributed by atoms with Gasteiger partial charge in [0.25, 0.3) is 21.6 Å². The largest absolute Gasteiger partial charge is 0.449 e. The second kappa shape index (κ2) is 10.4. The van der Waals surface area contributed by atoms with E-state index in [1.165, 1.54) is 49.4 Å². The van der Waals surface area contributed by atoms with Gasteiger partial charge in [-0.3, -0.25) is 19.6 Å². The van der Waals surface area contributed by atoms with E-state index >= 15 is 0 Å². The van der Waals surface area contributed by atoms with Crippen LogP contribution in [0.15, 0.2) is 53.4 Å². The zero-order chi connectivity index (χ0) is 24.0. The average Bonchev–Trinajstić information content (AvgIpc) is 3.31. The van der Waals surface area contributed by atoms with Crippen molar-refractivity contribution in [3.8, 4) is 0 Å². The Kier molecular flexibility index (Phi) is 7.61. The molecule has 33 heavy (non-hydrogen) atoms. The number of sulfonamides is 1. The second-order valence-electron chi connectivity index (χ2n) is 7.37. The van der Waals surface area contributed by atoms with Crippen LogP contribution >= 0.6 is 0 Å². The van der Waals surface area contributed by atoms with E-state index in [1.807, 2.05) is 0 Å².